The number of nitrogens with two attached hydrogens (primary N) is 1. The molecule has 10 heteroatoms. The maximum absolute atomic E-state index is 13.9. The third kappa shape index (κ3) is 4.99. The van der Waals surface area contributed by atoms with E-state index >= 15 is 0 Å². The summed E-state index contributed by atoms with van der Waals surface area (Å²) >= 11 is 12.5. The maximum atomic E-state index is 13.9. The number of carbonyl (C=O) groups excluding carboxylic acids is 2. The van der Waals surface area contributed by atoms with Crippen molar-refractivity contribution in [2.24, 2.45) is 5.73 Å². The zero-order valence-electron chi connectivity index (χ0n) is 20.4. The highest BCUT2D eigenvalue weighted by Gasteiger charge is 2.34. The van der Waals surface area contributed by atoms with Gasteiger partial charge in [-0.2, -0.15) is 13.2 Å². The topological polar surface area (TPSA) is 76.3 Å². The van der Waals surface area contributed by atoms with Crippen LogP contribution in [0.1, 0.15) is 21.5 Å². The Morgan fingerprint density at radius 2 is 1.55 bits per heavy atom. The Labute approximate surface area is 236 Å². The molecule has 5 aromatic rings. The van der Waals surface area contributed by atoms with Crippen molar-refractivity contribution in [2.45, 2.75) is 6.18 Å². The number of amides is 2. The van der Waals surface area contributed by atoms with Crippen LogP contribution in [0.3, 0.4) is 0 Å². The molecule has 0 aliphatic rings. The van der Waals surface area contributed by atoms with Crippen LogP contribution in [0.25, 0.3) is 22.0 Å². The van der Waals surface area contributed by atoms with Gasteiger partial charge in [0.15, 0.2) is 5.78 Å². The Kier molecular flexibility index (Phi) is 7.23. The predicted molar refractivity (Wildman–Crippen MR) is 150 cm³/mol. The van der Waals surface area contributed by atoms with Crippen molar-refractivity contribution in [3.63, 3.8) is 0 Å². The second-order valence-corrected chi connectivity index (χ2v) is 9.52. The van der Waals surface area contributed by atoms with E-state index in [1.165, 1.54) is 12.1 Å². The molecule has 4 aromatic carbocycles. The molecule has 40 heavy (non-hydrogen) atoms. The SMILES string of the molecule is NC(=O)N(c1cccc(-c2c(C(=O)c3ccccc3)cnc3c(C(F)(F)F)cccc23)c1)c1cccc(Cl)c1Cl. The summed E-state index contributed by atoms with van der Waals surface area (Å²) in [4.78, 5) is 31.4. The van der Waals surface area contributed by atoms with Gasteiger partial charge in [0.25, 0.3) is 0 Å². The number of pyridine rings is 1. The summed E-state index contributed by atoms with van der Waals surface area (Å²) in [6.07, 6.45) is -3.53. The minimum absolute atomic E-state index is 0.0810. The van der Waals surface area contributed by atoms with Gasteiger partial charge >= 0.3 is 12.2 Å². The second kappa shape index (κ2) is 10.6. The smallest absolute Gasteiger partial charge is 0.351 e. The van der Waals surface area contributed by atoms with E-state index in [0.717, 1.165) is 17.2 Å². The van der Waals surface area contributed by atoms with Crippen LogP contribution in [0.5, 0.6) is 0 Å². The van der Waals surface area contributed by atoms with Gasteiger partial charge in [0, 0.05) is 28.3 Å². The van der Waals surface area contributed by atoms with Crippen molar-refractivity contribution in [3.8, 4) is 11.1 Å². The van der Waals surface area contributed by atoms with Crippen molar-refractivity contribution in [2.75, 3.05) is 4.90 Å². The average molecular weight is 580 g/mol. The van der Waals surface area contributed by atoms with Crippen LogP contribution in [0.4, 0.5) is 29.3 Å². The van der Waals surface area contributed by atoms with Crippen LogP contribution < -0.4 is 10.6 Å². The van der Waals surface area contributed by atoms with Crippen molar-refractivity contribution in [3.05, 3.63) is 124 Å². The summed E-state index contributed by atoms with van der Waals surface area (Å²) in [5, 5.41) is 0.384. The lowest BCUT2D eigenvalue weighted by atomic mass is 9.91. The summed E-state index contributed by atoms with van der Waals surface area (Å²) in [7, 11) is 0. The molecule has 0 fully saturated rings. The van der Waals surface area contributed by atoms with Gasteiger partial charge in [0.1, 0.15) is 0 Å². The standard InChI is InChI=1S/C30H18Cl2F3N3O2/c31-23-13-6-14-24(26(23)32)38(29(36)40)19-10-4-9-18(15-19)25-20-11-5-12-22(30(33,34)35)27(20)37-16-21(25)28(39)17-7-2-1-3-8-17/h1-16H,(H2,36,40). The Morgan fingerprint density at radius 3 is 2.25 bits per heavy atom. The number of carbonyl (C=O) groups is 2. The van der Waals surface area contributed by atoms with Crippen LogP contribution in [0.15, 0.2) is 97.2 Å². The molecule has 0 bridgehead atoms. The van der Waals surface area contributed by atoms with Crippen LogP contribution in [0.2, 0.25) is 10.0 Å². The first-order valence-electron chi connectivity index (χ1n) is 11.8. The van der Waals surface area contributed by atoms with Gasteiger partial charge in [-0.1, -0.05) is 83.9 Å². The molecular weight excluding hydrogens is 562 g/mol. The van der Waals surface area contributed by atoms with Gasteiger partial charge in [-0.05, 0) is 35.9 Å². The first-order valence-corrected chi connectivity index (χ1v) is 12.6. The minimum Gasteiger partial charge on any atom is -0.351 e. The molecule has 2 amide bonds. The van der Waals surface area contributed by atoms with Crippen LogP contribution >= 0.6 is 23.2 Å². The number of ketones is 1. The molecule has 0 saturated carbocycles. The Morgan fingerprint density at radius 1 is 0.850 bits per heavy atom. The fraction of sp³-hybridized carbons (Fsp3) is 0.0333. The lowest BCUT2D eigenvalue weighted by molar-refractivity contribution is -0.136. The number of alkyl halides is 3. The molecule has 0 unspecified atom stereocenters. The molecule has 2 N–H and O–H groups in total. The van der Waals surface area contributed by atoms with E-state index in [2.05, 4.69) is 4.98 Å². The number of urea groups is 1. The third-order valence-corrected chi connectivity index (χ3v) is 7.08. The van der Waals surface area contributed by atoms with E-state index in [1.54, 1.807) is 72.8 Å². The minimum atomic E-state index is -4.68. The average Bonchev–Trinajstić information content (AvgIpc) is 2.94. The monoisotopic (exact) mass is 579 g/mol. The Hall–Kier alpha value is -4.40. The van der Waals surface area contributed by atoms with E-state index in [0.29, 0.717) is 11.1 Å². The summed E-state index contributed by atoms with van der Waals surface area (Å²) in [6, 6.07) is 22.1. The number of para-hydroxylation sites is 1. The number of hydrogen-bond donors (Lipinski definition) is 1. The summed E-state index contributed by atoms with van der Waals surface area (Å²) in [5.74, 6) is -0.433. The summed E-state index contributed by atoms with van der Waals surface area (Å²) in [5.41, 5.74) is 5.91. The van der Waals surface area contributed by atoms with E-state index in [4.69, 9.17) is 28.9 Å². The zero-order valence-corrected chi connectivity index (χ0v) is 21.9. The molecule has 0 atom stereocenters. The van der Waals surface area contributed by atoms with Crippen LogP contribution in [0, 0.1) is 0 Å². The normalized spacial score (nSPS) is 11.4. The third-order valence-electron chi connectivity index (χ3n) is 6.27. The molecule has 0 spiro atoms. The highest BCUT2D eigenvalue weighted by atomic mass is 35.5. The zero-order chi connectivity index (χ0) is 28.6. The quantitative estimate of drug-likeness (QED) is 0.211. The van der Waals surface area contributed by atoms with Crippen LogP contribution in [-0.2, 0) is 6.18 Å². The number of benzene rings is 4. The fourth-order valence-corrected chi connectivity index (χ4v) is 4.91. The van der Waals surface area contributed by atoms with Crippen LogP contribution in [-0.4, -0.2) is 16.8 Å². The molecule has 0 saturated heterocycles. The fourth-order valence-electron chi connectivity index (χ4n) is 4.53. The second-order valence-electron chi connectivity index (χ2n) is 8.74. The number of anilines is 2. The number of hydrogen-bond acceptors (Lipinski definition) is 3. The number of rotatable bonds is 5. The van der Waals surface area contributed by atoms with Crippen molar-refractivity contribution < 1.29 is 22.8 Å². The number of halogens is 5. The molecule has 0 aliphatic heterocycles. The van der Waals surface area contributed by atoms with Crippen molar-refractivity contribution in [1.29, 1.82) is 0 Å². The molecule has 0 aliphatic carbocycles. The number of nitrogens with zero attached hydrogens (tertiary/aromatic N) is 2. The van der Waals surface area contributed by atoms with Crippen molar-refractivity contribution in [1.82, 2.24) is 4.98 Å². The summed E-state index contributed by atoms with van der Waals surface area (Å²) < 4.78 is 41.7. The molecular formula is C30H18Cl2F3N3O2. The number of primary amides is 1. The van der Waals surface area contributed by atoms with E-state index in [-0.39, 0.29) is 43.4 Å². The van der Waals surface area contributed by atoms with Gasteiger partial charge in [0.2, 0.25) is 0 Å². The van der Waals surface area contributed by atoms with E-state index in [1.807, 2.05) is 0 Å². The lowest BCUT2D eigenvalue weighted by Crippen LogP contribution is -2.31. The number of aromatic nitrogens is 1. The van der Waals surface area contributed by atoms with Gasteiger partial charge in [-0.15, -0.1) is 0 Å². The first-order chi connectivity index (χ1) is 19.1. The molecule has 200 valence electrons. The number of fused-ring (bicyclic) bond motifs is 1. The predicted octanol–water partition coefficient (Wildman–Crippen LogP) is 8.68. The highest BCUT2D eigenvalue weighted by molar-refractivity contribution is 6.44. The molecule has 1 heterocycles. The molecule has 5 nitrogen and oxygen atoms in total. The largest absolute Gasteiger partial charge is 0.418 e. The Balaban J connectivity index is 1.79. The van der Waals surface area contributed by atoms with E-state index < -0.39 is 23.6 Å². The lowest BCUT2D eigenvalue weighted by Gasteiger charge is -2.23. The van der Waals surface area contributed by atoms with E-state index in [9.17, 15) is 22.8 Å². The Bertz CT molecular complexity index is 1780. The maximum Gasteiger partial charge on any atom is 0.418 e. The molecule has 1 aromatic heterocycles. The molecule has 0 radical (unpaired) electrons. The van der Waals surface area contributed by atoms with Gasteiger partial charge < -0.3 is 5.73 Å². The summed E-state index contributed by atoms with van der Waals surface area (Å²) in [6.45, 7) is 0. The van der Waals surface area contributed by atoms with Gasteiger partial charge in [-0.25, -0.2) is 4.79 Å². The van der Waals surface area contributed by atoms with Gasteiger partial charge in [-0.3, -0.25) is 14.7 Å². The first kappa shape index (κ1) is 27.2. The van der Waals surface area contributed by atoms with Gasteiger partial charge in [0.05, 0.1) is 32.5 Å². The molecule has 5 rings (SSSR count). The van der Waals surface area contributed by atoms with Crippen molar-refractivity contribution >= 4 is 57.3 Å². The highest BCUT2D eigenvalue weighted by Crippen LogP contribution is 2.41.